The number of nitrogen functional groups attached to an aromatic ring is 3. The van der Waals surface area contributed by atoms with Crippen molar-refractivity contribution in [2.75, 3.05) is 17.3 Å². The predicted molar refractivity (Wildman–Crippen MR) is 79.9 cm³/mol. The molecule has 6 nitrogen and oxygen atoms in total. The normalized spacial score (nSPS) is 10.6. The molecule has 3 aromatic rings. The van der Waals surface area contributed by atoms with Gasteiger partial charge in [-0.25, -0.2) is 4.68 Å². The predicted octanol–water partition coefficient (Wildman–Crippen LogP) is 1.49. The molecule has 20 heavy (non-hydrogen) atoms. The molecule has 0 amide bonds. The summed E-state index contributed by atoms with van der Waals surface area (Å²) >= 11 is 0. The average molecular weight is 266 g/mol. The molecular weight excluding hydrogens is 252 g/mol. The highest BCUT2D eigenvalue weighted by atomic mass is 15.4. The molecule has 0 bridgehead atoms. The van der Waals surface area contributed by atoms with Crippen LogP contribution in [0.2, 0.25) is 0 Å². The van der Waals surface area contributed by atoms with E-state index in [-0.39, 0.29) is 0 Å². The summed E-state index contributed by atoms with van der Waals surface area (Å²) in [6.45, 7) is 0. The van der Waals surface area contributed by atoms with E-state index in [9.17, 15) is 0 Å². The lowest BCUT2D eigenvalue weighted by atomic mass is 10.2. The highest BCUT2D eigenvalue weighted by Gasteiger charge is 2.13. The van der Waals surface area contributed by atoms with Gasteiger partial charge in [0.15, 0.2) is 11.6 Å². The molecule has 6 N–H and O–H groups in total. The molecule has 2 aromatic carbocycles. The Morgan fingerprint density at radius 2 is 1.20 bits per heavy atom. The molecular formula is C14H14N6. The van der Waals surface area contributed by atoms with Crippen LogP contribution in [0.3, 0.4) is 0 Å². The molecule has 3 rings (SSSR count). The molecule has 0 unspecified atom stereocenters. The lowest BCUT2D eigenvalue weighted by Crippen LogP contribution is -2.12. The summed E-state index contributed by atoms with van der Waals surface area (Å²) in [5.41, 5.74) is 14.5. The van der Waals surface area contributed by atoms with Crippen molar-refractivity contribution in [3.05, 3.63) is 48.5 Å². The van der Waals surface area contributed by atoms with Crippen LogP contribution >= 0.6 is 0 Å². The standard InChI is InChI=1S/C14H14N6/c15-11-5-1-3-9(7-11)13-18-19-14(20(13)17)10-4-2-6-12(16)8-10/h1-8H,15-17H2. The zero-order chi connectivity index (χ0) is 14.1. The van der Waals surface area contributed by atoms with Gasteiger partial charge in [-0.3, -0.25) is 0 Å². The van der Waals surface area contributed by atoms with Gasteiger partial charge in [-0.05, 0) is 24.3 Å². The second-order valence-electron chi connectivity index (χ2n) is 4.47. The van der Waals surface area contributed by atoms with E-state index in [4.69, 9.17) is 17.3 Å². The van der Waals surface area contributed by atoms with Gasteiger partial charge in [0, 0.05) is 22.5 Å². The molecule has 0 saturated carbocycles. The summed E-state index contributed by atoms with van der Waals surface area (Å²) in [6.07, 6.45) is 0. The van der Waals surface area contributed by atoms with Gasteiger partial charge in [0.2, 0.25) is 0 Å². The van der Waals surface area contributed by atoms with Crippen molar-refractivity contribution in [2.45, 2.75) is 0 Å². The van der Waals surface area contributed by atoms with Gasteiger partial charge < -0.3 is 17.3 Å². The van der Waals surface area contributed by atoms with Crippen molar-refractivity contribution in [1.82, 2.24) is 14.9 Å². The van der Waals surface area contributed by atoms with E-state index in [2.05, 4.69) is 10.2 Å². The third-order valence-corrected chi connectivity index (χ3v) is 2.99. The first kappa shape index (κ1) is 12.0. The Kier molecular flexibility index (Phi) is 2.76. The van der Waals surface area contributed by atoms with Crippen LogP contribution in [0, 0.1) is 0 Å². The fourth-order valence-electron chi connectivity index (χ4n) is 2.04. The molecule has 0 aliphatic heterocycles. The Bertz CT molecular complexity index is 699. The van der Waals surface area contributed by atoms with Gasteiger partial charge in [-0.15, -0.1) is 10.2 Å². The summed E-state index contributed by atoms with van der Waals surface area (Å²) in [6, 6.07) is 14.7. The molecule has 0 aliphatic carbocycles. The van der Waals surface area contributed by atoms with Crippen LogP contribution in [0.25, 0.3) is 22.8 Å². The Morgan fingerprint density at radius 1 is 0.750 bits per heavy atom. The summed E-state index contributed by atoms with van der Waals surface area (Å²) in [7, 11) is 0. The van der Waals surface area contributed by atoms with Crippen molar-refractivity contribution in [3.63, 3.8) is 0 Å². The van der Waals surface area contributed by atoms with E-state index < -0.39 is 0 Å². The van der Waals surface area contributed by atoms with Crippen LogP contribution in [0.15, 0.2) is 48.5 Å². The van der Waals surface area contributed by atoms with Crippen molar-refractivity contribution in [1.29, 1.82) is 0 Å². The monoisotopic (exact) mass is 266 g/mol. The fourth-order valence-corrected chi connectivity index (χ4v) is 2.04. The van der Waals surface area contributed by atoms with Crippen molar-refractivity contribution in [3.8, 4) is 22.8 Å². The second kappa shape index (κ2) is 4.58. The summed E-state index contributed by atoms with van der Waals surface area (Å²) < 4.78 is 1.43. The molecule has 0 spiro atoms. The van der Waals surface area contributed by atoms with E-state index >= 15 is 0 Å². The maximum atomic E-state index is 6.08. The SMILES string of the molecule is Nc1cccc(-c2nnc(-c3cccc(N)c3)n2N)c1. The minimum Gasteiger partial charge on any atom is -0.399 e. The number of hydrogen-bond acceptors (Lipinski definition) is 5. The maximum Gasteiger partial charge on any atom is 0.182 e. The third kappa shape index (κ3) is 2.03. The number of benzene rings is 2. The number of rotatable bonds is 2. The highest BCUT2D eigenvalue weighted by molar-refractivity contribution is 5.67. The van der Waals surface area contributed by atoms with Crippen LogP contribution in [-0.4, -0.2) is 14.9 Å². The zero-order valence-electron chi connectivity index (χ0n) is 10.7. The molecule has 0 fully saturated rings. The van der Waals surface area contributed by atoms with Crippen LogP contribution < -0.4 is 17.3 Å². The molecule has 0 saturated heterocycles. The Balaban J connectivity index is 2.09. The molecule has 1 aromatic heterocycles. The summed E-state index contributed by atoms with van der Waals surface area (Å²) in [4.78, 5) is 0. The number of aromatic nitrogens is 3. The molecule has 100 valence electrons. The van der Waals surface area contributed by atoms with Gasteiger partial charge in [0.05, 0.1) is 0 Å². The average Bonchev–Trinajstić information content (AvgIpc) is 2.80. The number of nitrogens with zero attached hydrogens (tertiary/aromatic N) is 3. The van der Waals surface area contributed by atoms with Gasteiger partial charge in [0.25, 0.3) is 0 Å². The van der Waals surface area contributed by atoms with Crippen molar-refractivity contribution >= 4 is 11.4 Å². The lowest BCUT2D eigenvalue weighted by Gasteiger charge is -2.05. The van der Waals surface area contributed by atoms with Gasteiger partial charge in [-0.2, -0.15) is 0 Å². The van der Waals surface area contributed by atoms with Crippen molar-refractivity contribution in [2.24, 2.45) is 0 Å². The van der Waals surface area contributed by atoms with Gasteiger partial charge >= 0.3 is 0 Å². The minimum atomic E-state index is 0.551. The van der Waals surface area contributed by atoms with E-state index in [0.717, 1.165) is 11.1 Å². The number of nitrogens with two attached hydrogens (primary N) is 3. The zero-order valence-corrected chi connectivity index (χ0v) is 10.7. The van der Waals surface area contributed by atoms with E-state index in [1.165, 1.54) is 4.68 Å². The molecule has 6 heteroatoms. The molecule has 0 aliphatic rings. The van der Waals surface area contributed by atoms with Gasteiger partial charge in [0.1, 0.15) is 0 Å². The molecule has 0 atom stereocenters. The topological polar surface area (TPSA) is 109 Å². The first-order valence-electron chi connectivity index (χ1n) is 6.07. The lowest BCUT2D eigenvalue weighted by molar-refractivity contribution is 1.02. The molecule has 0 radical (unpaired) electrons. The summed E-state index contributed by atoms with van der Waals surface area (Å²) in [5.74, 6) is 7.18. The van der Waals surface area contributed by atoms with E-state index in [1.54, 1.807) is 24.3 Å². The van der Waals surface area contributed by atoms with Crippen molar-refractivity contribution < 1.29 is 0 Å². The quantitative estimate of drug-likeness (QED) is 0.481. The molecule has 1 heterocycles. The first-order chi connectivity index (χ1) is 9.65. The largest absolute Gasteiger partial charge is 0.399 e. The first-order valence-corrected chi connectivity index (χ1v) is 6.07. The van der Waals surface area contributed by atoms with E-state index in [1.807, 2.05) is 24.3 Å². The second-order valence-corrected chi connectivity index (χ2v) is 4.47. The van der Waals surface area contributed by atoms with E-state index in [0.29, 0.717) is 23.0 Å². The highest BCUT2D eigenvalue weighted by Crippen LogP contribution is 2.24. The number of anilines is 2. The van der Waals surface area contributed by atoms with Crippen LogP contribution in [-0.2, 0) is 0 Å². The smallest absolute Gasteiger partial charge is 0.182 e. The minimum absolute atomic E-state index is 0.551. The Hall–Kier alpha value is -3.02. The summed E-state index contributed by atoms with van der Waals surface area (Å²) in [5, 5.41) is 8.25. The van der Waals surface area contributed by atoms with Gasteiger partial charge in [-0.1, -0.05) is 24.3 Å². The number of hydrogen-bond donors (Lipinski definition) is 3. The Morgan fingerprint density at radius 3 is 1.60 bits per heavy atom. The fraction of sp³-hybridized carbons (Fsp3) is 0. The maximum absolute atomic E-state index is 6.08. The van der Waals surface area contributed by atoms with Crippen LogP contribution in [0.1, 0.15) is 0 Å². The van der Waals surface area contributed by atoms with Crippen LogP contribution in [0.5, 0.6) is 0 Å². The van der Waals surface area contributed by atoms with Crippen LogP contribution in [0.4, 0.5) is 11.4 Å². The third-order valence-electron chi connectivity index (χ3n) is 2.99. The Labute approximate surface area is 115 Å².